The van der Waals surface area contributed by atoms with E-state index in [4.69, 9.17) is 11.6 Å². The predicted octanol–water partition coefficient (Wildman–Crippen LogP) is 4.03. The number of benzene rings is 1. The number of halogens is 1. The maximum Gasteiger partial charge on any atom is 0.145 e. The molecule has 2 N–H and O–H groups in total. The van der Waals surface area contributed by atoms with E-state index in [1.165, 1.54) is 0 Å². The lowest BCUT2D eigenvalue weighted by Gasteiger charge is -2.13. The van der Waals surface area contributed by atoms with Crippen LogP contribution in [0, 0.1) is 5.92 Å². The smallest absolute Gasteiger partial charge is 0.145 e. The second-order valence-electron chi connectivity index (χ2n) is 6.83. The highest BCUT2D eigenvalue weighted by Crippen LogP contribution is 2.37. The first-order valence-corrected chi connectivity index (χ1v) is 8.97. The first kappa shape index (κ1) is 16.4. The van der Waals surface area contributed by atoms with Crippen LogP contribution in [-0.2, 0) is 6.54 Å². The van der Waals surface area contributed by atoms with Gasteiger partial charge in [-0.2, -0.15) is 0 Å². The van der Waals surface area contributed by atoms with E-state index in [0.717, 1.165) is 40.3 Å². The quantitative estimate of drug-likeness (QED) is 0.740. The van der Waals surface area contributed by atoms with Gasteiger partial charge in [0.05, 0.1) is 11.5 Å². The van der Waals surface area contributed by atoms with Gasteiger partial charge < -0.3 is 15.0 Å². The molecule has 1 aliphatic carbocycles. The molecular formula is C19H21ClN4O. The predicted molar refractivity (Wildman–Crippen MR) is 99.7 cm³/mol. The van der Waals surface area contributed by atoms with E-state index in [0.29, 0.717) is 18.5 Å². The number of anilines is 1. The molecule has 6 heteroatoms. The van der Waals surface area contributed by atoms with Crippen LogP contribution in [0.25, 0.3) is 11.0 Å². The van der Waals surface area contributed by atoms with Crippen molar-refractivity contribution in [3.05, 3.63) is 53.4 Å². The zero-order valence-electron chi connectivity index (χ0n) is 14.1. The summed E-state index contributed by atoms with van der Waals surface area (Å²) in [4.78, 5) is 8.87. The summed E-state index contributed by atoms with van der Waals surface area (Å²) in [5, 5.41) is 15.2. The van der Waals surface area contributed by atoms with Crippen LogP contribution < -0.4 is 5.32 Å². The summed E-state index contributed by atoms with van der Waals surface area (Å²) < 4.78 is 2.18. The number of aromatic nitrogens is 3. The largest absolute Gasteiger partial charge is 0.393 e. The maximum atomic E-state index is 10.1. The lowest BCUT2D eigenvalue weighted by atomic mass is 10.1. The van der Waals surface area contributed by atoms with Gasteiger partial charge in [0.2, 0.25) is 0 Å². The van der Waals surface area contributed by atoms with E-state index < -0.39 is 0 Å². The summed E-state index contributed by atoms with van der Waals surface area (Å²) in [6, 6.07) is 10.1. The van der Waals surface area contributed by atoms with Crippen LogP contribution >= 0.6 is 11.6 Å². The highest BCUT2D eigenvalue weighted by Gasteiger charge is 2.31. The van der Waals surface area contributed by atoms with Gasteiger partial charge in [0.1, 0.15) is 17.8 Å². The van der Waals surface area contributed by atoms with E-state index in [2.05, 4.69) is 39.0 Å². The fraction of sp³-hybridized carbons (Fsp3) is 0.368. The number of hydrogen-bond acceptors (Lipinski definition) is 4. The first-order valence-electron chi connectivity index (χ1n) is 8.59. The Hall–Kier alpha value is -2.11. The van der Waals surface area contributed by atoms with Crippen molar-refractivity contribution >= 4 is 28.5 Å². The Morgan fingerprint density at radius 1 is 1.20 bits per heavy atom. The molecule has 1 fully saturated rings. The molecule has 2 aromatic heterocycles. The Morgan fingerprint density at radius 2 is 2.00 bits per heavy atom. The molecule has 1 aliphatic rings. The molecule has 5 nitrogen and oxygen atoms in total. The maximum absolute atomic E-state index is 10.1. The van der Waals surface area contributed by atoms with Crippen LogP contribution in [0.4, 0.5) is 5.82 Å². The minimum absolute atomic E-state index is 0.230. The Kier molecular flexibility index (Phi) is 4.36. The number of aliphatic hydroxyl groups excluding tert-OH is 1. The third-order valence-corrected chi connectivity index (χ3v) is 5.34. The highest BCUT2D eigenvalue weighted by atomic mass is 35.5. The van der Waals surface area contributed by atoms with Gasteiger partial charge in [0.25, 0.3) is 0 Å². The van der Waals surface area contributed by atoms with Crippen molar-refractivity contribution in [3.63, 3.8) is 0 Å². The molecule has 1 saturated carbocycles. The molecule has 0 saturated heterocycles. The summed E-state index contributed by atoms with van der Waals surface area (Å²) in [6.45, 7) is 2.78. The lowest BCUT2D eigenvalue weighted by molar-refractivity contribution is 0.139. The standard InChI is InChI=1S/C19H21ClN4O/c1-12-8-15(9-17(12)25)24-7-6-16-18(22-11-23-19(16)24)21-10-13-2-4-14(20)5-3-13/h2-7,11-12,15,17,25H,8-10H2,1H3,(H,21,22,23)/t12-,15+,17-/m0/s1. The van der Waals surface area contributed by atoms with Crippen LogP contribution in [0.15, 0.2) is 42.9 Å². The van der Waals surface area contributed by atoms with Gasteiger partial charge >= 0.3 is 0 Å². The zero-order chi connectivity index (χ0) is 17.4. The molecule has 3 atom stereocenters. The van der Waals surface area contributed by atoms with Crippen molar-refractivity contribution in [2.24, 2.45) is 5.92 Å². The molecule has 4 rings (SSSR count). The van der Waals surface area contributed by atoms with Crippen molar-refractivity contribution in [1.29, 1.82) is 0 Å². The Labute approximate surface area is 151 Å². The Bertz CT molecular complexity index is 867. The van der Waals surface area contributed by atoms with Gasteiger partial charge in [-0.1, -0.05) is 30.7 Å². The molecule has 130 valence electrons. The van der Waals surface area contributed by atoms with E-state index >= 15 is 0 Å². The third-order valence-electron chi connectivity index (χ3n) is 5.09. The van der Waals surface area contributed by atoms with Crippen LogP contribution in [0.3, 0.4) is 0 Å². The van der Waals surface area contributed by atoms with Gasteiger partial charge in [0, 0.05) is 23.8 Å². The molecule has 1 aromatic carbocycles. The van der Waals surface area contributed by atoms with Crippen LogP contribution in [0.5, 0.6) is 0 Å². The summed E-state index contributed by atoms with van der Waals surface area (Å²) in [5.74, 6) is 1.15. The third kappa shape index (κ3) is 3.22. The van der Waals surface area contributed by atoms with Crippen molar-refractivity contribution < 1.29 is 5.11 Å². The molecule has 0 aliphatic heterocycles. The highest BCUT2D eigenvalue weighted by molar-refractivity contribution is 6.30. The molecule has 3 aromatic rings. The molecule has 0 bridgehead atoms. The fourth-order valence-corrected chi connectivity index (χ4v) is 3.74. The molecule has 0 spiro atoms. The number of hydrogen-bond donors (Lipinski definition) is 2. The first-order chi connectivity index (χ1) is 12.1. The number of rotatable bonds is 4. The van der Waals surface area contributed by atoms with Gasteiger partial charge in [-0.15, -0.1) is 0 Å². The number of nitrogens with one attached hydrogen (secondary N) is 1. The van der Waals surface area contributed by atoms with Crippen molar-refractivity contribution in [1.82, 2.24) is 14.5 Å². The van der Waals surface area contributed by atoms with Gasteiger partial charge in [-0.25, -0.2) is 9.97 Å². The fourth-order valence-electron chi connectivity index (χ4n) is 3.62. The van der Waals surface area contributed by atoms with E-state index in [1.807, 2.05) is 24.3 Å². The second kappa shape index (κ2) is 6.65. The second-order valence-corrected chi connectivity index (χ2v) is 7.27. The summed E-state index contributed by atoms with van der Waals surface area (Å²) in [5.41, 5.74) is 2.06. The minimum atomic E-state index is -0.230. The molecule has 0 amide bonds. The zero-order valence-corrected chi connectivity index (χ0v) is 14.8. The van der Waals surface area contributed by atoms with Gasteiger partial charge in [-0.05, 0) is 42.5 Å². The lowest BCUT2D eigenvalue weighted by Crippen LogP contribution is -2.09. The van der Waals surface area contributed by atoms with E-state index in [9.17, 15) is 5.11 Å². The normalized spacial score (nSPS) is 23.2. The Balaban J connectivity index is 1.57. The van der Waals surface area contributed by atoms with Crippen molar-refractivity contribution in [2.75, 3.05) is 5.32 Å². The average Bonchev–Trinajstić information content (AvgIpc) is 3.18. The van der Waals surface area contributed by atoms with Crippen LogP contribution in [0.1, 0.15) is 31.4 Å². The van der Waals surface area contributed by atoms with Gasteiger partial charge in [-0.3, -0.25) is 0 Å². The monoisotopic (exact) mass is 356 g/mol. The van der Waals surface area contributed by atoms with Crippen LogP contribution in [-0.4, -0.2) is 25.7 Å². The summed E-state index contributed by atoms with van der Waals surface area (Å²) in [6.07, 6.45) is 5.18. The SMILES string of the molecule is C[C@H]1C[C@@H](n2ccc3c(NCc4ccc(Cl)cc4)ncnc32)C[C@@H]1O. The topological polar surface area (TPSA) is 63.0 Å². The van der Waals surface area contributed by atoms with Crippen molar-refractivity contribution in [3.8, 4) is 0 Å². The van der Waals surface area contributed by atoms with E-state index in [-0.39, 0.29) is 6.10 Å². The molecule has 0 unspecified atom stereocenters. The molecular weight excluding hydrogens is 336 g/mol. The molecule has 2 heterocycles. The number of nitrogens with zero attached hydrogens (tertiary/aromatic N) is 3. The molecule has 0 radical (unpaired) electrons. The van der Waals surface area contributed by atoms with Crippen molar-refractivity contribution in [2.45, 2.75) is 38.5 Å². The summed E-state index contributed by atoms with van der Waals surface area (Å²) >= 11 is 5.93. The molecule has 25 heavy (non-hydrogen) atoms. The number of aliphatic hydroxyl groups is 1. The van der Waals surface area contributed by atoms with Gasteiger partial charge in [0.15, 0.2) is 0 Å². The summed E-state index contributed by atoms with van der Waals surface area (Å²) in [7, 11) is 0. The minimum Gasteiger partial charge on any atom is -0.393 e. The van der Waals surface area contributed by atoms with Crippen LogP contribution in [0.2, 0.25) is 5.02 Å². The van der Waals surface area contributed by atoms with E-state index in [1.54, 1.807) is 6.33 Å². The average molecular weight is 357 g/mol. The number of fused-ring (bicyclic) bond motifs is 1. The Morgan fingerprint density at radius 3 is 2.72 bits per heavy atom.